The van der Waals surface area contributed by atoms with Gasteiger partial charge in [0.05, 0.1) is 23.1 Å². The van der Waals surface area contributed by atoms with Crippen LogP contribution in [0, 0.1) is 18.3 Å². The Balaban J connectivity index is 2.16. The van der Waals surface area contributed by atoms with E-state index in [9.17, 15) is 0 Å². The fourth-order valence-electron chi connectivity index (χ4n) is 2.61. The molecule has 0 saturated carbocycles. The van der Waals surface area contributed by atoms with E-state index in [-0.39, 0.29) is 0 Å². The Morgan fingerprint density at radius 1 is 1.50 bits per heavy atom. The number of aryl methyl sites for hydroxylation is 1. The first-order chi connectivity index (χ1) is 8.81. The maximum Gasteiger partial charge on any atom is 0.150 e. The standard InChI is InChI=1S/C14H15N3S/c1-10-6-9-18-13(10)14-16-11(5-7-15)12-4-2-3-8-17(12)14/h6,9H,2-5,8H2,1H3. The second kappa shape index (κ2) is 4.58. The number of aromatic nitrogens is 2. The summed E-state index contributed by atoms with van der Waals surface area (Å²) in [6.45, 7) is 3.17. The topological polar surface area (TPSA) is 41.6 Å². The lowest BCUT2D eigenvalue weighted by Gasteiger charge is -2.17. The Morgan fingerprint density at radius 2 is 2.39 bits per heavy atom. The number of rotatable bonds is 2. The quantitative estimate of drug-likeness (QED) is 0.828. The number of hydrogen-bond donors (Lipinski definition) is 0. The summed E-state index contributed by atoms with van der Waals surface area (Å²) in [6, 6.07) is 4.37. The van der Waals surface area contributed by atoms with Crippen LogP contribution < -0.4 is 0 Å². The molecule has 1 aliphatic heterocycles. The van der Waals surface area contributed by atoms with Crippen molar-refractivity contribution in [3.8, 4) is 16.8 Å². The minimum atomic E-state index is 0.430. The Kier molecular flexibility index (Phi) is 2.92. The summed E-state index contributed by atoms with van der Waals surface area (Å²) in [6.07, 6.45) is 3.92. The molecule has 0 bridgehead atoms. The van der Waals surface area contributed by atoms with Crippen LogP contribution in [0.5, 0.6) is 0 Å². The van der Waals surface area contributed by atoms with Crippen LogP contribution in [0.25, 0.3) is 10.7 Å². The maximum absolute atomic E-state index is 8.92. The normalized spacial score (nSPS) is 14.2. The third-order valence-corrected chi connectivity index (χ3v) is 4.52. The second-order valence-electron chi connectivity index (χ2n) is 4.71. The Bertz CT molecular complexity index is 616. The highest BCUT2D eigenvalue weighted by Gasteiger charge is 2.21. The highest BCUT2D eigenvalue weighted by molar-refractivity contribution is 7.13. The molecule has 0 unspecified atom stereocenters. The first-order valence-corrected chi connectivity index (χ1v) is 7.19. The minimum absolute atomic E-state index is 0.430. The predicted molar refractivity (Wildman–Crippen MR) is 72.5 cm³/mol. The summed E-state index contributed by atoms with van der Waals surface area (Å²) in [7, 11) is 0. The number of thiophene rings is 1. The van der Waals surface area contributed by atoms with Gasteiger partial charge in [-0.1, -0.05) is 0 Å². The highest BCUT2D eigenvalue weighted by atomic mass is 32.1. The molecule has 0 amide bonds. The van der Waals surface area contributed by atoms with Crippen LogP contribution in [0.3, 0.4) is 0 Å². The molecule has 0 aromatic carbocycles. The van der Waals surface area contributed by atoms with Gasteiger partial charge in [0.15, 0.2) is 5.82 Å². The van der Waals surface area contributed by atoms with Crippen molar-refractivity contribution in [1.29, 1.82) is 5.26 Å². The average Bonchev–Trinajstić information content (AvgIpc) is 2.95. The first kappa shape index (κ1) is 11.5. The van der Waals surface area contributed by atoms with Crippen molar-refractivity contribution in [2.45, 2.75) is 39.2 Å². The molecule has 0 spiro atoms. The fraction of sp³-hybridized carbons (Fsp3) is 0.429. The summed E-state index contributed by atoms with van der Waals surface area (Å²) >= 11 is 1.74. The third kappa shape index (κ3) is 1.75. The molecule has 3 heterocycles. The van der Waals surface area contributed by atoms with E-state index in [2.05, 4.69) is 29.0 Å². The molecule has 92 valence electrons. The summed E-state index contributed by atoms with van der Waals surface area (Å²) in [5.41, 5.74) is 3.55. The largest absolute Gasteiger partial charge is 0.327 e. The summed E-state index contributed by atoms with van der Waals surface area (Å²) < 4.78 is 2.33. The molecule has 3 nitrogen and oxygen atoms in total. The van der Waals surface area contributed by atoms with Crippen molar-refractivity contribution < 1.29 is 0 Å². The van der Waals surface area contributed by atoms with E-state index >= 15 is 0 Å². The van der Waals surface area contributed by atoms with E-state index in [0.29, 0.717) is 6.42 Å². The van der Waals surface area contributed by atoms with Crippen molar-refractivity contribution in [1.82, 2.24) is 9.55 Å². The van der Waals surface area contributed by atoms with Gasteiger partial charge in [0.1, 0.15) is 0 Å². The average molecular weight is 257 g/mol. The summed E-state index contributed by atoms with van der Waals surface area (Å²) in [5, 5.41) is 11.0. The molecule has 0 saturated heterocycles. The molecule has 18 heavy (non-hydrogen) atoms. The summed E-state index contributed by atoms with van der Waals surface area (Å²) in [5.74, 6) is 1.07. The molecule has 0 N–H and O–H groups in total. The lowest BCUT2D eigenvalue weighted by atomic mass is 10.1. The van der Waals surface area contributed by atoms with Crippen LogP contribution in [-0.2, 0) is 19.4 Å². The van der Waals surface area contributed by atoms with Crippen molar-refractivity contribution in [3.63, 3.8) is 0 Å². The zero-order valence-corrected chi connectivity index (χ0v) is 11.3. The van der Waals surface area contributed by atoms with E-state index in [1.165, 1.54) is 29.0 Å². The zero-order chi connectivity index (χ0) is 12.5. The van der Waals surface area contributed by atoms with Gasteiger partial charge in [-0.2, -0.15) is 5.26 Å². The van der Waals surface area contributed by atoms with Crippen LogP contribution in [0.1, 0.15) is 29.8 Å². The monoisotopic (exact) mass is 257 g/mol. The third-order valence-electron chi connectivity index (χ3n) is 3.51. The second-order valence-corrected chi connectivity index (χ2v) is 5.62. The van der Waals surface area contributed by atoms with Gasteiger partial charge >= 0.3 is 0 Å². The minimum Gasteiger partial charge on any atom is -0.327 e. The van der Waals surface area contributed by atoms with Gasteiger partial charge < -0.3 is 4.57 Å². The molecular formula is C14H15N3S. The number of imidazole rings is 1. The van der Waals surface area contributed by atoms with Crippen LogP contribution >= 0.6 is 11.3 Å². The van der Waals surface area contributed by atoms with Crippen LogP contribution in [-0.4, -0.2) is 9.55 Å². The summed E-state index contributed by atoms with van der Waals surface area (Å²) in [4.78, 5) is 5.99. The van der Waals surface area contributed by atoms with Crippen molar-refractivity contribution in [2.24, 2.45) is 0 Å². The molecular weight excluding hydrogens is 242 g/mol. The van der Waals surface area contributed by atoms with Crippen LogP contribution in [0.4, 0.5) is 0 Å². The Morgan fingerprint density at radius 3 is 3.11 bits per heavy atom. The van der Waals surface area contributed by atoms with Gasteiger partial charge in [0, 0.05) is 12.2 Å². The number of fused-ring (bicyclic) bond motifs is 1. The number of hydrogen-bond acceptors (Lipinski definition) is 3. The van der Waals surface area contributed by atoms with Gasteiger partial charge in [-0.15, -0.1) is 11.3 Å². The van der Waals surface area contributed by atoms with E-state index < -0.39 is 0 Å². The van der Waals surface area contributed by atoms with Crippen molar-refractivity contribution >= 4 is 11.3 Å². The molecule has 4 heteroatoms. The SMILES string of the molecule is Cc1ccsc1-c1nc(CC#N)c2n1CCCC2. The Labute approximate surface area is 111 Å². The van der Waals surface area contributed by atoms with E-state index in [4.69, 9.17) is 10.2 Å². The van der Waals surface area contributed by atoms with E-state index in [1.54, 1.807) is 11.3 Å². The fourth-order valence-corrected chi connectivity index (χ4v) is 3.53. The predicted octanol–water partition coefficient (Wildman–Crippen LogP) is 3.32. The van der Waals surface area contributed by atoms with Gasteiger partial charge in [0.2, 0.25) is 0 Å². The van der Waals surface area contributed by atoms with E-state index in [0.717, 1.165) is 24.5 Å². The molecule has 3 rings (SSSR count). The molecule has 0 atom stereocenters. The van der Waals surface area contributed by atoms with E-state index in [1.807, 2.05) is 0 Å². The molecule has 0 fully saturated rings. The van der Waals surface area contributed by atoms with Crippen LogP contribution in [0.15, 0.2) is 11.4 Å². The van der Waals surface area contributed by atoms with Crippen molar-refractivity contribution in [2.75, 3.05) is 0 Å². The molecule has 1 aliphatic rings. The smallest absolute Gasteiger partial charge is 0.150 e. The lowest BCUT2D eigenvalue weighted by molar-refractivity contribution is 0.534. The first-order valence-electron chi connectivity index (χ1n) is 6.31. The molecule has 2 aromatic rings. The highest BCUT2D eigenvalue weighted by Crippen LogP contribution is 2.32. The zero-order valence-electron chi connectivity index (χ0n) is 10.4. The molecule has 2 aromatic heterocycles. The van der Waals surface area contributed by atoms with Gasteiger partial charge in [0.25, 0.3) is 0 Å². The maximum atomic E-state index is 8.92. The van der Waals surface area contributed by atoms with Gasteiger partial charge in [-0.05, 0) is 43.2 Å². The number of nitriles is 1. The Hall–Kier alpha value is -1.60. The van der Waals surface area contributed by atoms with Gasteiger partial charge in [-0.3, -0.25) is 0 Å². The van der Waals surface area contributed by atoms with Gasteiger partial charge in [-0.25, -0.2) is 4.98 Å². The van der Waals surface area contributed by atoms with Crippen LogP contribution in [0.2, 0.25) is 0 Å². The molecule has 0 aliphatic carbocycles. The molecule has 0 radical (unpaired) electrons. The lowest BCUT2D eigenvalue weighted by Crippen LogP contribution is -2.11. The van der Waals surface area contributed by atoms with Crippen molar-refractivity contribution in [3.05, 3.63) is 28.4 Å². The number of nitrogens with zero attached hydrogens (tertiary/aromatic N) is 3.